The van der Waals surface area contributed by atoms with Gasteiger partial charge in [0.15, 0.2) is 0 Å². The van der Waals surface area contributed by atoms with Gasteiger partial charge in [-0.1, -0.05) is 13.0 Å². The van der Waals surface area contributed by atoms with Crippen LogP contribution in [-0.2, 0) is 10.0 Å². The van der Waals surface area contributed by atoms with Gasteiger partial charge in [-0.15, -0.1) is 0 Å². The van der Waals surface area contributed by atoms with Gasteiger partial charge in [0.1, 0.15) is 0 Å². The van der Waals surface area contributed by atoms with Gasteiger partial charge < -0.3 is 4.90 Å². The summed E-state index contributed by atoms with van der Waals surface area (Å²) in [6, 6.07) is 6.24. The van der Waals surface area contributed by atoms with Crippen molar-refractivity contribution in [1.82, 2.24) is 9.21 Å². The van der Waals surface area contributed by atoms with Crippen LogP contribution in [0.15, 0.2) is 29.2 Å². The van der Waals surface area contributed by atoms with Crippen LogP contribution in [0.3, 0.4) is 0 Å². The Hall–Kier alpha value is -1.40. The van der Waals surface area contributed by atoms with Gasteiger partial charge in [0.2, 0.25) is 10.0 Å². The Morgan fingerprint density at radius 2 is 2.04 bits per heavy atom. The fraction of sp³-hybridized carbons (Fsp3) is 0.588. The molecular weight excluding hydrogens is 312 g/mol. The quantitative estimate of drug-likeness (QED) is 0.848. The highest BCUT2D eigenvalue weighted by Crippen LogP contribution is 2.21. The molecule has 1 fully saturated rings. The highest BCUT2D eigenvalue weighted by atomic mass is 32.2. The van der Waals surface area contributed by atoms with Gasteiger partial charge in [-0.2, -0.15) is 4.31 Å². The van der Waals surface area contributed by atoms with Crippen molar-refractivity contribution in [3.8, 4) is 0 Å². The summed E-state index contributed by atoms with van der Waals surface area (Å²) < 4.78 is 26.5. The van der Waals surface area contributed by atoms with Crippen molar-refractivity contribution in [1.29, 1.82) is 0 Å². The van der Waals surface area contributed by atoms with Crippen molar-refractivity contribution in [3.05, 3.63) is 29.8 Å². The van der Waals surface area contributed by atoms with Crippen LogP contribution in [0.5, 0.6) is 0 Å². The van der Waals surface area contributed by atoms with Crippen LogP contribution < -0.4 is 0 Å². The van der Waals surface area contributed by atoms with Crippen LogP contribution in [0.4, 0.5) is 0 Å². The van der Waals surface area contributed by atoms with Crippen LogP contribution in [-0.4, -0.2) is 49.7 Å². The number of hydrogen-bond acceptors (Lipinski definition) is 3. The fourth-order valence-corrected chi connectivity index (χ4v) is 4.20. The first kappa shape index (κ1) is 17.9. The molecule has 2 rings (SSSR count). The summed E-state index contributed by atoms with van der Waals surface area (Å²) >= 11 is 0. The van der Waals surface area contributed by atoms with Crippen LogP contribution >= 0.6 is 0 Å². The molecule has 0 aromatic heterocycles. The Morgan fingerprint density at radius 3 is 2.65 bits per heavy atom. The number of benzene rings is 1. The number of carbonyl (C=O) groups excluding carboxylic acids is 1. The lowest BCUT2D eigenvalue weighted by Crippen LogP contribution is -2.39. The predicted molar refractivity (Wildman–Crippen MR) is 90.8 cm³/mol. The van der Waals surface area contributed by atoms with Crippen LogP contribution in [0.2, 0.25) is 0 Å². The molecule has 1 atom stereocenters. The summed E-state index contributed by atoms with van der Waals surface area (Å²) in [5.41, 5.74) is 0.442. The van der Waals surface area contributed by atoms with Crippen molar-refractivity contribution in [2.24, 2.45) is 5.92 Å². The summed E-state index contributed by atoms with van der Waals surface area (Å²) in [6.07, 6.45) is 2.14. The van der Waals surface area contributed by atoms with Crippen molar-refractivity contribution in [2.45, 2.75) is 44.6 Å². The van der Waals surface area contributed by atoms with Gasteiger partial charge in [-0.05, 0) is 50.8 Å². The van der Waals surface area contributed by atoms with Crippen molar-refractivity contribution in [2.75, 3.05) is 20.1 Å². The molecule has 1 aromatic rings. The van der Waals surface area contributed by atoms with E-state index in [9.17, 15) is 13.2 Å². The largest absolute Gasteiger partial charge is 0.338 e. The lowest BCUT2D eigenvalue weighted by molar-refractivity contribution is 0.0683. The zero-order chi connectivity index (χ0) is 17.2. The molecule has 0 saturated carbocycles. The number of sulfonamides is 1. The van der Waals surface area contributed by atoms with Crippen molar-refractivity contribution in [3.63, 3.8) is 0 Å². The molecular formula is C17H26N2O3S. The second kappa shape index (κ2) is 7.01. The third-order valence-electron chi connectivity index (χ3n) is 4.43. The molecule has 0 bridgehead atoms. The average molecular weight is 338 g/mol. The summed E-state index contributed by atoms with van der Waals surface area (Å²) in [6.45, 7) is 7.26. The smallest absolute Gasteiger partial charge is 0.253 e. The molecule has 1 heterocycles. The Bertz CT molecular complexity index is 670. The predicted octanol–water partition coefficient (Wildman–Crippen LogP) is 2.59. The van der Waals surface area contributed by atoms with E-state index in [1.54, 1.807) is 25.2 Å². The molecule has 23 heavy (non-hydrogen) atoms. The standard InChI is InChI=1S/C17H26N2O3S/c1-13(2)18(4)23(21,22)16-9-5-8-15(11-16)17(20)19-10-6-7-14(3)12-19/h5,8-9,11,13-14H,6-7,10,12H2,1-4H3/t14-/m1/s1. The fourth-order valence-electron chi connectivity index (χ4n) is 2.79. The molecule has 5 nitrogen and oxygen atoms in total. The van der Waals surface area contributed by atoms with Gasteiger partial charge in [0.25, 0.3) is 5.91 Å². The summed E-state index contributed by atoms with van der Waals surface area (Å²) in [4.78, 5) is 14.6. The number of likely N-dealkylation sites (tertiary alicyclic amines) is 1. The summed E-state index contributed by atoms with van der Waals surface area (Å²) in [7, 11) is -2.02. The van der Waals surface area contributed by atoms with E-state index < -0.39 is 10.0 Å². The maximum Gasteiger partial charge on any atom is 0.253 e. The third-order valence-corrected chi connectivity index (χ3v) is 6.46. The van der Waals surface area contributed by atoms with E-state index in [4.69, 9.17) is 0 Å². The first-order valence-corrected chi connectivity index (χ1v) is 9.55. The number of amides is 1. The number of rotatable bonds is 4. The highest BCUT2D eigenvalue weighted by molar-refractivity contribution is 7.89. The second-order valence-electron chi connectivity index (χ2n) is 6.64. The molecule has 1 saturated heterocycles. The van der Waals surface area contributed by atoms with Gasteiger partial charge in [-0.3, -0.25) is 4.79 Å². The zero-order valence-corrected chi connectivity index (χ0v) is 15.1. The minimum atomic E-state index is -3.57. The van der Waals surface area contributed by atoms with Crippen molar-refractivity contribution < 1.29 is 13.2 Å². The van der Waals surface area contributed by atoms with Crippen LogP contribution in [0.1, 0.15) is 44.0 Å². The molecule has 1 aliphatic heterocycles. The molecule has 0 radical (unpaired) electrons. The van der Waals surface area contributed by atoms with Gasteiger partial charge >= 0.3 is 0 Å². The minimum Gasteiger partial charge on any atom is -0.338 e. The zero-order valence-electron chi connectivity index (χ0n) is 14.3. The third kappa shape index (κ3) is 3.93. The summed E-state index contributed by atoms with van der Waals surface area (Å²) in [5.74, 6) is 0.410. The van der Waals surface area contributed by atoms with Crippen molar-refractivity contribution >= 4 is 15.9 Å². The summed E-state index contributed by atoms with van der Waals surface area (Å²) in [5, 5.41) is 0. The van der Waals surface area contributed by atoms with Gasteiger partial charge in [-0.25, -0.2) is 8.42 Å². The molecule has 6 heteroatoms. The lowest BCUT2D eigenvalue weighted by Gasteiger charge is -2.31. The number of nitrogens with zero attached hydrogens (tertiary/aromatic N) is 2. The highest BCUT2D eigenvalue weighted by Gasteiger charge is 2.26. The van der Waals surface area contributed by atoms with E-state index in [-0.39, 0.29) is 16.8 Å². The lowest BCUT2D eigenvalue weighted by atomic mass is 9.99. The van der Waals surface area contributed by atoms with Crippen LogP contribution in [0, 0.1) is 5.92 Å². The monoisotopic (exact) mass is 338 g/mol. The van der Waals surface area contributed by atoms with E-state index in [0.29, 0.717) is 11.5 Å². The molecule has 0 unspecified atom stereocenters. The van der Waals surface area contributed by atoms with Crippen LogP contribution in [0.25, 0.3) is 0 Å². The molecule has 1 aromatic carbocycles. The molecule has 0 N–H and O–H groups in total. The van der Waals surface area contributed by atoms with E-state index >= 15 is 0 Å². The molecule has 0 spiro atoms. The minimum absolute atomic E-state index is 0.0826. The maximum atomic E-state index is 12.6. The Balaban J connectivity index is 2.28. The SMILES string of the molecule is CC(C)N(C)S(=O)(=O)c1cccc(C(=O)N2CCC[C@@H](C)C2)c1. The topological polar surface area (TPSA) is 57.7 Å². The van der Waals surface area contributed by atoms with Gasteiger partial charge in [0.05, 0.1) is 4.90 Å². The maximum absolute atomic E-state index is 12.6. The first-order chi connectivity index (χ1) is 10.7. The molecule has 128 valence electrons. The Morgan fingerprint density at radius 1 is 1.35 bits per heavy atom. The number of carbonyl (C=O) groups is 1. The Kier molecular flexibility index (Phi) is 5.47. The van der Waals surface area contributed by atoms with E-state index in [1.165, 1.54) is 10.4 Å². The van der Waals surface area contributed by atoms with E-state index in [2.05, 4.69) is 6.92 Å². The van der Waals surface area contributed by atoms with Gasteiger partial charge in [0, 0.05) is 31.7 Å². The Labute approximate surface area is 139 Å². The van der Waals surface area contributed by atoms with E-state index in [0.717, 1.165) is 25.9 Å². The first-order valence-electron chi connectivity index (χ1n) is 8.11. The normalized spacial score (nSPS) is 19.4. The number of hydrogen-bond donors (Lipinski definition) is 0. The molecule has 0 aliphatic carbocycles. The average Bonchev–Trinajstić information content (AvgIpc) is 2.53. The second-order valence-corrected chi connectivity index (χ2v) is 8.64. The molecule has 1 aliphatic rings. The number of piperidine rings is 1. The molecule has 1 amide bonds. The van der Waals surface area contributed by atoms with E-state index in [1.807, 2.05) is 18.7 Å².